The number of anilines is 1. The third kappa shape index (κ3) is 4.60. The first-order valence-corrected chi connectivity index (χ1v) is 5.43. The Morgan fingerprint density at radius 1 is 1.47 bits per heavy atom. The molecule has 0 saturated carbocycles. The maximum atomic E-state index is 12.2. The molecule has 0 aromatic carbocycles. The number of rotatable bonds is 5. The van der Waals surface area contributed by atoms with Gasteiger partial charge in [-0.2, -0.15) is 13.2 Å². The van der Waals surface area contributed by atoms with Gasteiger partial charge in [0.1, 0.15) is 0 Å². The van der Waals surface area contributed by atoms with E-state index in [-0.39, 0.29) is 6.42 Å². The molecule has 0 fully saturated rings. The summed E-state index contributed by atoms with van der Waals surface area (Å²) in [4.78, 5) is 3.89. The molecule has 1 atom stereocenters. The number of aromatic nitrogens is 1. The highest BCUT2D eigenvalue weighted by molar-refractivity contribution is 5.46. The number of nitrogens with one attached hydrogen (secondary N) is 1. The second-order valence-electron chi connectivity index (χ2n) is 3.77. The molecular formula is C11H16F3N3. The summed E-state index contributed by atoms with van der Waals surface area (Å²) < 4.78 is 36.6. The normalized spacial score (nSPS) is 13.6. The van der Waals surface area contributed by atoms with E-state index in [0.29, 0.717) is 17.8 Å². The topological polar surface area (TPSA) is 50.9 Å². The number of halogens is 3. The minimum atomic E-state index is -4.15. The van der Waals surface area contributed by atoms with Gasteiger partial charge in [0.2, 0.25) is 0 Å². The van der Waals surface area contributed by atoms with Crippen LogP contribution in [0.25, 0.3) is 0 Å². The molecule has 0 aliphatic rings. The lowest BCUT2D eigenvalue weighted by atomic mass is 10.0. The predicted octanol–water partition coefficient (Wildman–Crippen LogP) is 2.66. The SMILES string of the molecule is CCNC(CCC(F)(F)F)c1cnccc1N. The first-order chi connectivity index (χ1) is 7.94. The number of pyridine rings is 1. The Kier molecular flexibility index (Phi) is 4.74. The molecule has 0 amide bonds. The third-order valence-electron chi connectivity index (χ3n) is 2.43. The maximum Gasteiger partial charge on any atom is 0.389 e. The molecule has 3 nitrogen and oxygen atoms in total. The third-order valence-corrected chi connectivity index (χ3v) is 2.43. The lowest BCUT2D eigenvalue weighted by Gasteiger charge is -2.20. The summed E-state index contributed by atoms with van der Waals surface area (Å²) in [5.41, 5.74) is 6.82. The van der Waals surface area contributed by atoms with E-state index >= 15 is 0 Å². The predicted molar refractivity (Wildman–Crippen MR) is 60.4 cm³/mol. The van der Waals surface area contributed by atoms with Crippen molar-refractivity contribution in [3.8, 4) is 0 Å². The van der Waals surface area contributed by atoms with Gasteiger partial charge in [-0.15, -0.1) is 0 Å². The van der Waals surface area contributed by atoms with Crippen LogP contribution in [-0.2, 0) is 0 Å². The number of nitrogens with zero attached hydrogens (tertiary/aromatic N) is 1. The summed E-state index contributed by atoms with van der Waals surface area (Å²) in [5, 5.41) is 2.99. The van der Waals surface area contributed by atoms with Crippen molar-refractivity contribution in [3.63, 3.8) is 0 Å². The Morgan fingerprint density at radius 3 is 2.71 bits per heavy atom. The van der Waals surface area contributed by atoms with Crippen LogP contribution in [0.2, 0.25) is 0 Å². The Labute approximate surface area is 98.2 Å². The van der Waals surface area contributed by atoms with Gasteiger partial charge in [-0.25, -0.2) is 0 Å². The molecule has 0 radical (unpaired) electrons. The summed E-state index contributed by atoms with van der Waals surface area (Å²) in [7, 11) is 0. The Balaban J connectivity index is 2.75. The summed E-state index contributed by atoms with van der Waals surface area (Å²) in [6.07, 6.45) is -1.98. The highest BCUT2D eigenvalue weighted by Crippen LogP contribution is 2.29. The molecule has 1 aromatic rings. The molecule has 6 heteroatoms. The summed E-state index contributed by atoms with van der Waals surface area (Å²) in [6.45, 7) is 2.42. The zero-order valence-electron chi connectivity index (χ0n) is 9.59. The lowest BCUT2D eigenvalue weighted by molar-refractivity contribution is -0.136. The maximum absolute atomic E-state index is 12.2. The molecule has 1 aromatic heterocycles. The molecule has 0 aliphatic heterocycles. The van der Waals surface area contributed by atoms with E-state index in [4.69, 9.17) is 5.73 Å². The highest BCUT2D eigenvalue weighted by atomic mass is 19.4. The highest BCUT2D eigenvalue weighted by Gasteiger charge is 2.29. The van der Waals surface area contributed by atoms with Crippen LogP contribution in [0.3, 0.4) is 0 Å². The van der Waals surface area contributed by atoms with Crippen LogP contribution in [0.5, 0.6) is 0 Å². The number of hydrogen-bond donors (Lipinski definition) is 2. The van der Waals surface area contributed by atoms with Gasteiger partial charge in [0, 0.05) is 36.1 Å². The fourth-order valence-electron chi connectivity index (χ4n) is 1.63. The van der Waals surface area contributed by atoms with E-state index in [1.807, 2.05) is 6.92 Å². The van der Waals surface area contributed by atoms with Crippen molar-refractivity contribution in [2.24, 2.45) is 0 Å². The molecule has 0 saturated heterocycles. The van der Waals surface area contributed by atoms with Crippen LogP contribution in [-0.4, -0.2) is 17.7 Å². The standard InChI is InChI=1S/C11H16F3N3/c1-2-17-10(3-5-11(12,13)14)8-7-16-6-4-9(8)15/h4,6-7,10,17H,2-3,5H2,1H3,(H2,15,16). The molecule has 1 rings (SSSR count). The smallest absolute Gasteiger partial charge is 0.389 e. The molecule has 1 unspecified atom stereocenters. The molecule has 96 valence electrons. The van der Waals surface area contributed by atoms with E-state index in [2.05, 4.69) is 10.3 Å². The molecule has 0 aliphatic carbocycles. The first kappa shape index (κ1) is 13.8. The quantitative estimate of drug-likeness (QED) is 0.841. The van der Waals surface area contributed by atoms with E-state index in [1.54, 1.807) is 6.07 Å². The second-order valence-corrected chi connectivity index (χ2v) is 3.77. The van der Waals surface area contributed by atoms with Gasteiger partial charge >= 0.3 is 6.18 Å². The molecule has 1 heterocycles. The van der Waals surface area contributed by atoms with Crippen molar-refractivity contribution in [2.45, 2.75) is 32.0 Å². The molecule has 17 heavy (non-hydrogen) atoms. The van der Waals surface area contributed by atoms with E-state index in [0.717, 1.165) is 0 Å². The van der Waals surface area contributed by atoms with Crippen LogP contribution in [0.15, 0.2) is 18.5 Å². The lowest BCUT2D eigenvalue weighted by Crippen LogP contribution is -2.24. The first-order valence-electron chi connectivity index (χ1n) is 5.43. The minimum Gasteiger partial charge on any atom is -0.398 e. The van der Waals surface area contributed by atoms with Gasteiger partial charge in [0.25, 0.3) is 0 Å². The van der Waals surface area contributed by atoms with Crippen LogP contribution in [0.4, 0.5) is 18.9 Å². The van der Waals surface area contributed by atoms with Gasteiger partial charge < -0.3 is 11.1 Å². The number of hydrogen-bond acceptors (Lipinski definition) is 3. The van der Waals surface area contributed by atoms with Crippen LogP contribution >= 0.6 is 0 Å². The van der Waals surface area contributed by atoms with Crippen molar-refractivity contribution in [1.29, 1.82) is 0 Å². The fourth-order valence-corrected chi connectivity index (χ4v) is 1.63. The average molecular weight is 247 g/mol. The van der Waals surface area contributed by atoms with Crippen molar-refractivity contribution in [1.82, 2.24) is 10.3 Å². The Morgan fingerprint density at radius 2 is 2.18 bits per heavy atom. The second kappa shape index (κ2) is 5.86. The van der Waals surface area contributed by atoms with Crippen molar-refractivity contribution >= 4 is 5.69 Å². The molecule has 0 bridgehead atoms. The zero-order valence-corrected chi connectivity index (χ0v) is 9.59. The van der Waals surface area contributed by atoms with Crippen molar-refractivity contribution in [3.05, 3.63) is 24.0 Å². The molecular weight excluding hydrogens is 231 g/mol. The monoisotopic (exact) mass is 247 g/mol. The van der Waals surface area contributed by atoms with Crippen molar-refractivity contribution in [2.75, 3.05) is 12.3 Å². The van der Waals surface area contributed by atoms with E-state index < -0.39 is 18.6 Å². The van der Waals surface area contributed by atoms with Crippen molar-refractivity contribution < 1.29 is 13.2 Å². The van der Waals surface area contributed by atoms with Gasteiger partial charge in [-0.1, -0.05) is 6.92 Å². The van der Waals surface area contributed by atoms with Gasteiger partial charge in [0.15, 0.2) is 0 Å². The van der Waals surface area contributed by atoms with Gasteiger partial charge in [-0.05, 0) is 19.0 Å². The molecule has 3 N–H and O–H groups in total. The zero-order chi connectivity index (χ0) is 12.9. The Bertz CT molecular complexity index is 352. The average Bonchev–Trinajstić information content (AvgIpc) is 2.24. The number of nitrogens with two attached hydrogens (primary N) is 1. The number of alkyl halides is 3. The number of nitrogen functional groups attached to an aromatic ring is 1. The van der Waals surface area contributed by atoms with Gasteiger partial charge in [-0.3, -0.25) is 4.98 Å². The van der Waals surface area contributed by atoms with Crippen LogP contribution < -0.4 is 11.1 Å². The van der Waals surface area contributed by atoms with Gasteiger partial charge in [0.05, 0.1) is 0 Å². The van der Waals surface area contributed by atoms with E-state index in [9.17, 15) is 13.2 Å². The summed E-state index contributed by atoms with van der Waals surface area (Å²) >= 11 is 0. The summed E-state index contributed by atoms with van der Waals surface area (Å²) in [6, 6.07) is 1.18. The largest absolute Gasteiger partial charge is 0.398 e. The fraction of sp³-hybridized carbons (Fsp3) is 0.545. The summed E-state index contributed by atoms with van der Waals surface area (Å²) in [5.74, 6) is 0. The van der Waals surface area contributed by atoms with Crippen LogP contribution in [0.1, 0.15) is 31.4 Å². The van der Waals surface area contributed by atoms with Crippen LogP contribution in [0, 0.1) is 0 Å². The minimum absolute atomic E-state index is 0.0345. The van der Waals surface area contributed by atoms with E-state index in [1.165, 1.54) is 12.4 Å². The molecule has 0 spiro atoms. The Hall–Kier alpha value is -1.30.